The van der Waals surface area contributed by atoms with Crippen molar-refractivity contribution in [2.45, 2.75) is 0 Å². The fourth-order valence-electron chi connectivity index (χ4n) is 1.66. The number of anilines is 1. The highest BCUT2D eigenvalue weighted by molar-refractivity contribution is 7.22. The molecule has 0 aliphatic carbocycles. The second kappa shape index (κ2) is 5.14. The molecule has 0 bridgehead atoms. The number of fused-ring (bicyclic) bond motifs is 1. The number of aromatic nitrogens is 2. The van der Waals surface area contributed by atoms with Gasteiger partial charge in [-0.05, 0) is 6.07 Å². The SMILES string of the molecule is COc1cc(F)cc2sc(NC(=O)c3cscn3)nc12. The molecular weight excluding hydrogens is 301 g/mol. The first-order valence-electron chi connectivity index (χ1n) is 5.51. The van der Waals surface area contributed by atoms with E-state index in [0.29, 0.717) is 26.8 Å². The number of halogens is 1. The Hall–Kier alpha value is -2.06. The number of methoxy groups -OCH3 is 1. The van der Waals surface area contributed by atoms with E-state index in [1.807, 2.05) is 0 Å². The summed E-state index contributed by atoms with van der Waals surface area (Å²) in [7, 11) is 1.45. The third-order valence-electron chi connectivity index (χ3n) is 2.53. The van der Waals surface area contributed by atoms with E-state index in [1.165, 1.54) is 41.9 Å². The number of carbonyl (C=O) groups excluding carboxylic acids is 1. The molecule has 1 N–H and O–H groups in total. The van der Waals surface area contributed by atoms with Crippen molar-refractivity contribution in [3.05, 3.63) is 34.5 Å². The molecule has 20 heavy (non-hydrogen) atoms. The highest BCUT2D eigenvalue weighted by Crippen LogP contribution is 2.33. The third kappa shape index (κ3) is 2.35. The molecule has 0 spiro atoms. The van der Waals surface area contributed by atoms with Crippen molar-refractivity contribution in [2.75, 3.05) is 12.4 Å². The van der Waals surface area contributed by atoms with Crippen molar-refractivity contribution in [3.8, 4) is 5.75 Å². The van der Waals surface area contributed by atoms with Crippen LogP contribution < -0.4 is 10.1 Å². The molecule has 0 saturated carbocycles. The fourth-order valence-corrected chi connectivity index (χ4v) is 3.10. The zero-order valence-electron chi connectivity index (χ0n) is 10.2. The van der Waals surface area contributed by atoms with Crippen LogP contribution in [0.5, 0.6) is 5.75 Å². The van der Waals surface area contributed by atoms with Gasteiger partial charge in [0.2, 0.25) is 0 Å². The number of carbonyl (C=O) groups is 1. The summed E-state index contributed by atoms with van der Waals surface area (Å²) in [6.45, 7) is 0. The molecule has 0 unspecified atom stereocenters. The summed E-state index contributed by atoms with van der Waals surface area (Å²) in [6, 6.07) is 2.61. The second-order valence-electron chi connectivity index (χ2n) is 3.80. The van der Waals surface area contributed by atoms with Crippen LogP contribution in [0.2, 0.25) is 0 Å². The van der Waals surface area contributed by atoms with Crippen LogP contribution in [0.1, 0.15) is 10.5 Å². The summed E-state index contributed by atoms with van der Waals surface area (Å²) >= 11 is 2.51. The number of hydrogen-bond acceptors (Lipinski definition) is 6. The topological polar surface area (TPSA) is 64.1 Å². The van der Waals surface area contributed by atoms with Gasteiger partial charge < -0.3 is 4.74 Å². The highest BCUT2D eigenvalue weighted by atomic mass is 32.1. The number of rotatable bonds is 3. The summed E-state index contributed by atoms with van der Waals surface area (Å²) in [5.74, 6) is -0.412. The van der Waals surface area contributed by atoms with E-state index in [9.17, 15) is 9.18 Å². The molecule has 1 aromatic carbocycles. The predicted octanol–water partition coefficient (Wildman–Crippen LogP) is 3.15. The van der Waals surface area contributed by atoms with Gasteiger partial charge >= 0.3 is 0 Å². The van der Waals surface area contributed by atoms with Gasteiger partial charge in [0.05, 0.1) is 17.3 Å². The van der Waals surface area contributed by atoms with E-state index in [-0.39, 0.29) is 5.91 Å². The van der Waals surface area contributed by atoms with Crippen LogP contribution in [-0.2, 0) is 0 Å². The quantitative estimate of drug-likeness (QED) is 0.807. The molecule has 0 radical (unpaired) electrons. The first-order chi connectivity index (χ1) is 9.67. The maximum atomic E-state index is 13.4. The molecule has 2 aromatic heterocycles. The Labute approximate surface area is 121 Å². The summed E-state index contributed by atoms with van der Waals surface area (Å²) in [4.78, 5) is 20.0. The van der Waals surface area contributed by atoms with Gasteiger partial charge in [0.15, 0.2) is 5.13 Å². The van der Waals surface area contributed by atoms with E-state index in [4.69, 9.17) is 4.74 Å². The number of amides is 1. The Balaban J connectivity index is 1.95. The van der Waals surface area contributed by atoms with E-state index in [0.717, 1.165) is 0 Å². The highest BCUT2D eigenvalue weighted by Gasteiger charge is 2.14. The summed E-state index contributed by atoms with van der Waals surface area (Å²) in [6.07, 6.45) is 0. The molecule has 102 valence electrons. The van der Waals surface area contributed by atoms with Crippen molar-refractivity contribution >= 4 is 43.9 Å². The van der Waals surface area contributed by atoms with Gasteiger partial charge in [-0.3, -0.25) is 10.1 Å². The number of nitrogens with one attached hydrogen (secondary N) is 1. The second-order valence-corrected chi connectivity index (χ2v) is 5.55. The lowest BCUT2D eigenvalue weighted by Gasteiger charge is -1.99. The number of nitrogens with zero attached hydrogens (tertiary/aromatic N) is 2. The van der Waals surface area contributed by atoms with Gasteiger partial charge in [-0.15, -0.1) is 11.3 Å². The Bertz CT molecular complexity index is 770. The Morgan fingerprint density at radius 1 is 1.45 bits per heavy atom. The molecule has 8 heteroatoms. The maximum absolute atomic E-state index is 13.4. The Morgan fingerprint density at radius 2 is 2.30 bits per heavy atom. The molecule has 0 saturated heterocycles. The van der Waals surface area contributed by atoms with Crippen molar-refractivity contribution < 1.29 is 13.9 Å². The number of thiazole rings is 2. The minimum absolute atomic E-state index is 0.326. The number of hydrogen-bond donors (Lipinski definition) is 1. The van der Waals surface area contributed by atoms with Gasteiger partial charge in [-0.1, -0.05) is 11.3 Å². The van der Waals surface area contributed by atoms with Gasteiger partial charge in [0.25, 0.3) is 5.91 Å². The average molecular weight is 309 g/mol. The minimum atomic E-state index is -0.407. The monoisotopic (exact) mass is 309 g/mol. The molecule has 5 nitrogen and oxygen atoms in total. The first kappa shape index (κ1) is 12.9. The number of ether oxygens (including phenoxy) is 1. The lowest BCUT2D eigenvalue weighted by atomic mass is 10.3. The summed E-state index contributed by atoms with van der Waals surface area (Å²) in [5, 5.41) is 4.66. The van der Waals surface area contributed by atoms with Crippen molar-refractivity contribution in [3.63, 3.8) is 0 Å². The molecule has 2 heterocycles. The fraction of sp³-hybridized carbons (Fsp3) is 0.0833. The average Bonchev–Trinajstić information content (AvgIpc) is 3.05. The molecule has 3 rings (SSSR count). The van der Waals surface area contributed by atoms with E-state index in [1.54, 1.807) is 10.9 Å². The Morgan fingerprint density at radius 3 is 3.00 bits per heavy atom. The zero-order chi connectivity index (χ0) is 14.1. The van der Waals surface area contributed by atoms with Crippen LogP contribution >= 0.6 is 22.7 Å². The molecule has 3 aromatic rings. The molecular formula is C12H8FN3O2S2. The smallest absolute Gasteiger partial charge is 0.276 e. The molecule has 0 aliphatic rings. The minimum Gasteiger partial charge on any atom is -0.494 e. The van der Waals surface area contributed by atoms with Gasteiger partial charge in [-0.2, -0.15) is 0 Å². The van der Waals surface area contributed by atoms with E-state index < -0.39 is 5.82 Å². The largest absolute Gasteiger partial charge is 0.494 e. The van der Waals surface area contributed by atoms with Crippen LogP contribution in [0.4, 0.5) is 9.52 Å². The summed E-state index contributed by atoms with van der Waals surface area (Å²) < 4.78 is 19.1. The van der Waals surface area contributed by atoms with Crippen molar-refractivity contribution in [1.82, 2.24) is 9.97 Å². The van der Waals surface area contributed by atoms with E-state index >= 15 is 0 Å². The predicted molar refractivity (Wildman–Crippen MR) is 76.2 cm³/mol. The van der Waals surface area contributed by atoms with Crippen LogP contribution in [0.25, 0.3) is 10.2 Å². The third-order valence-corrected chi connectivity index (χ3v) is 4.03. The van der Waals surface area contributed by atoms with Crippen molar-refractivity contribution in [2.24, 2.45) is 0 Å². The first-order valence-corrected chi connectivity index (χ1v) is 7.27. The number of benzene rings is 1. The van der Waals surface area contributed by atoms with Crippen LogP contribution in [-0.4, -0.2) is 23.0 Å². The van der Waals surface area contributed by atoms with Crippen LogP contribution in [0.3, 0.4) is 0 Å². The zero-order valence-corrected chi connectivity index (χ0v) is 11.8. The van der Waals surface area contributed by atoms with E-state index in [2.05, 4.69) is 15.3 Å². The van der Waals surface area contributed by atoms with Gasteiger partial charge in [-0.25, -0.2) is 14.4 Å². The molecule has 0 atom stereocenters. The summed E-state index contributed by atoms with van der Waals surface area (Å²) in [5.41, 5.74) is 2.42. The standard InChI is InChI=1S/C12H8FN3O2S2/c1-18-8-2-6(13)3-9-10(8)15-12(20-9)16-11(17)7-4-19-5-14-7/h2-5H,1H3,(H,15,16,17). The van der Waals surface area contributed by atoms with Crippen LogP contribution in [0.15, 0.2) is 23.0 Å². The normalized spacial score (nSPS) is 10.7. The van der Waals surface area contributed by atoms with Crippen molar-refractivity contribution in [1.29, 1.82) is 0 Å². The van der Waals surface area contributed by atoms with Gasteiger partial charge in [0.1, 0.15) is 22.8 Å². The molecule has 1 amide bonds. The van der Waals surface area contributed by atoms with Gasteiger partial charge in [0, 0.05) is 11.4 Å². The van der Waals surface area contributed by atoms with Crippen LogP contribution in [0, 0.1) is 5.82 Å². The lowest BCUT2D eigenvalue weighted by molar-refractivity contribution is 0.102. The Kier molecular flexibility index (Phi) is 3.33. The molecule has 0 fully saturated rings. The lowest BCUT2D eigenvalue weighted by Crippen LogP contribution is -2.11. The maximum Gasteiger partial charge on any atom is 0.276 e. The molecule has 0 aliphatic heterocycles.